The van der Waals surface area contributed by atoms with Gasteiger partial charge in [-0.2, -0.15) is 0 Å². The maximum atomic E-state index is 12.0. The first-order valence-electron chi connectivity index (χ1n) is 3.18. The Bertz CT molecular complexity index is 209. The van der Waals surface area contributed by atoms with E-state index in [1.54, 1.807) is 13.1 Å². The zero-order chi connectivity index (χ0) is 7.56. The Morgan fingerprint density at radius 2 is 2.50 bits per heavy atom. The van der Waals surface area contributed by atoms with Crippen molar-refractivity contribution in [3.05, 3.63) is 11.9 Å². The summed E-state index contributed by atoms with van der Waals surface area (Å²) in [5, 5.41) is 7.45. The molecule has 0 bridgehead atoms. The molecule has 0 amide bonds. The molecule has 0 radical (unpaired) electrons. The van der Waals surface area contributed by atoms with Crippen LogP contribution in [0.3, 0.4) is 0 Å². The van der Waals surface area contributed by atoms with Crippen molar-refractivity contribution in [1.82, 2.24) is 15.0 Å². The number of aromatic nitrogens is 3. The lowest BCUT2D eigenvalue weighted by molar-refractivity contribution is 0.351. The molecule has 10 heavy (non-hydrogen) atoms. The minimum Gasteiger partial charge on any atom is -0.249 e. The van der Waals surface area contributed by atoms with Gasteiger partial charge < -0.3 is 0 Å². The fourth-order valence-electron chi connectivity index (χ4n) is 0.651. The van der Waals surface area contributed by atoms with Gasteiger partial charge in [0.2, 0.25) is 0 Å². The van der Waals surface area contributed by atoms with E-state index in [4.69, 9.17) is 0 Å². The van der Waals surface area contributed by atoms with Gasteiger partial charge in [0, 0.05) is 6.20 Å². The third-order valence-corrected chi connectivity index (χ3v) is 1.30. The number of halogens is 1. The van der Waals surface area contributed by atoms with Crippen LogP contribution in [0.1, 0.15) is 18.7 Å². The Hall–Kier alpha value is -0.930. The highest BCUT2D eigenvalue weighted by molar-refractivity contribution is 4.87. The van der Waals surface area contributed by atoms with E-state index in [1.165, 1.54) is 4.68 Å². The first-order chi connectivity index (χ1) is 4.74. The average Bonchev–Trinajstić information content (AvgIpc) is 2.34. The van der Waals surface area contributed by atoms with Crippen LogP contribution in [0.25, 0.3) is 0 Å². The van der Waals surface area contributed by atoms with Crippen molar-refractivity contribution in [1.29, 1.82) is 0 Å². The molecular weight excluding hydrogens is 133 g/mol. The Kier molecular flexibility index (Phi) is 1.99. The van der Waals surface area contributed by atoms with E-state index in [2.05, 4.69) is 10.3 Å². The van der Waals surface area contributed by atoms with Crippen LogP contribution in [-0.2, 0) is 0 Å². The van der Waals surface area contributed by atoms with E-state index in [-0.39, 0.29) is 6.04 Å². The molecule has 0 saturated carbocycles. The van der Waals surface area contributed by atoms with E-state index in [9.17, 15) is 4.39 Å². The molecular formula is C6H10FN3. The van der Waals surface area contributed by atoms with Crippen LogP contribution in [0.15, 0.2) is 6.20 Å². The zero-order valence-corrected chi connectivity index (χ0v) is 6.08. The minimum atomic E-state index is -0.400. The van der Waals surface area contributed by atoms with Crippen molar-refractivity contribution in [2.24, 2.45) is 0 Å². The number of nitrogens with zero attached hydrogens (tertiary/aromatic N) is 3. The smallest absolute Gasteiger partial charge is 0.112 e. The van der Waals surface area contributed by atoms with Crippen molar-refractivity contribution < 1.29 is 4.39 Å². The first kappa shape index (κ1) is 7.18. The number of hydrogen-bond acceptors (Lipinski definition) is 2. The third kappa shape index (κ3) is 1.32. The molecule has 0 saturated heterocycles. The van der Waals surface area contributed by atoms with Crippen molar-refractivity contribution in [3.63, 3.8) is 0 Å². The third-order valence-electron chi connectivity index (χ3n) is 1.30. The van der Waals surface area contributed by atoms with Crippen LogP contribution >= 0.6 is 0 Å². The summed E-state index contributed by atoms with van der Waals surface area (Å²) in [5.41, 5.74) is 0.820. The molecule has 56 valence electrons. The summed E-state index contributed by atoms with van der Waals surface area (Å²) in [6, 6.07) is -0.193. The van der Waals surface area contributed by atoms with Crippen molar-refractivity contribution in [3.8, 4) is 0 Å². The van der Waals surface area contributed by atoms with Gasteiger partial charge in [0.25, 0.3) is 0 Å². The molecule has 0 N–H and O–H groups in total. The number of alkyl halides is 1. The molecule has 1 atom stereocenters. The number of hydrogen-bond donors (Lipinski definition) is 0. The van der Waals surface area contributed by atoms with Crippen LogP contribution in [0.5, 0.6) is 0 Å². The monoisotopic (exact) mass is 143 g/mol. The van der Waals surface area contributed by atoms with Gasteiger partial charge in [-0.3, -0.25) is 0 Å². The van der Waals surface area contributed by atoms with Gasteiger partial charge in [0.1, 0.15) is 6.67 Å². The van der Waals surface area contributed by atoms with Crippen LogP contribution in [0, 0.1) is 6.92 Å². The quantitative estimate of drug-likeness (QED) is 0.621. The summed E-state index contributed by atoms with van der Waals surface area (Å²) in [4.78, 5) is 0. The molecule has 1 rings (SSSR count). The molecule has 0 aliphatic rings. The standard InChI is InChI=1S/C6H10FN3/c1-5-4-10(9-8-5)6(2)3-7/h4,6H,3H2,1-2H3/t6-/m1/s1. The van der Waals surface area contributed by atoms with Crippen molar-refractivity contribution in [2.45, 2.75) is 19.9 Å². The molecule has 1 aromatic rings. The first-order valence-corrected chi connectivity index (χ1v) is 3.18. The van der Waals surface area contributed by atoms with Gasteiger partial charge in [0.15, 0.2) is 0 Å². The van der Waals surface area contributed by atoms with Gasteiger partial charge in [-0.25, -0.2) is 9.07 Å². The molecule has 0 unspecified atom stereocenters. The second-order valence-electron chi connectivity index (χ2n) is 2.34. The van der Waals surface area contributed by atoms with Crippen LogP contribution in [0.2, 0.25) is 0 Å². The van der Waals surface area contributed by atoms with Gasteiger partial charge in [-0.15, -0.1) is 5.10 Å². The van der Waals surface area contributed by atoms with E-state index in [0.29, 0.717) is 0 Å². The normalized spacial score (nSPS) is 13.5. The summed E-state index contributed by atoms with van der Waals surface area (Å²) in [6.07, 6.45) is 1.73. The lowest BCUT2D eigenvalue weighted by Crippen LogP contribution is -2.07. The SMILES string of the molecule is Cc1cn([C@H](C)CF)nn1. The van der Waals surface area contributed by atoms with Crippen LogP contribution in [-0.4, -0.2) is 21.7 Å². The maximum absolute atomic E-state index is 12.0. The van der Waals surface area contributed by atoms with Gasteiger partial charge in [-0.1, -0.05) is 5.21 Å². The molecule has 1 aromatic heterocycles. The van der Waals surface area contributed by atoms with Crippen molar-refractivity contribution in [2.75, 3.05) is 6.67 Å². The van der Waals surface area contributed by atoms with E-state index in [1.807, 2.05) is 6.92 Å². The second-order valence-corrected chi connectivity index (χ2v) is 2.34. The highest BCUT2D eigenvalue weighted by atomic mass is 19.1. The Balaban J connectivity index is 2.74. The molecule has 3 nitrogen and oxygen atoms in total. The van der Waals surface area contributed by atoms with Gasteiger partial charge in [-0.05, 0) is 13.8 Å². The maximum Gasteiger partial charge on any atom is 0.112 e. The Morgan fingerprint density at radius 1 is 1.80 bits per heavy atom. The number of rotatable bonds is 2. The lowest BCUT2D eigenvalue weighted by Gasteiger charge is -2.03. The van der Waals surface area contributed by atoms with E-state index < -0.39 is 6.67 Å². The topological polar surface area (TPSA) is 30.7 Å². The largest absolute Gasteiger partial charge is 0.249 e. The summed E-state index contributed by atoms with van der Waals surface area (Å²) in [5.74, 6) is 0. The van der Waals surface area contributed by atoms with E-state index in [0.717, 1.165) is 5.69 Å². The lowest BCUT2D eigenvalue weighted by atomic mass is 10.4. The van der Waals surface area contributed by atoms with Crippen LogP contribution in [0.4, 0.5) is 4.39 Å². The molecule has 0 fully saturated rings. The van der Waals surface area contributed by atoms with E-state index >= 15 is 0 Å². The zero-order valence-electron chi connectivity index (χ0n) is 6.08. The second kappa shape index (κ2) is 2.77. The predicted molar refractivity (Wildman–Crippen MR) is 35.4 cm³/mol. The molecule has 1 heterocycles. The van der Waals surface area contributed by atoms with Crippen LogP contribution < -0.4 is 0 Å². The van der Waals surface area contributed by atoms with Gasteiger partial charge >= 0.3 is 0 Å². The highest BCUT2D eigenvalue weighted by Gasteiger charge is 2.03. The Morgan fingerprint density at radius 3 is 2.90 bits per heavy atom. The molecule has 0 spiro atoms. The van der Waals surface area contributed by atoms with Crippen molar-refractivity contribution >= 4 is 0 Å². The van der Waals surface area contributed by atoms with Gasteiger partial charge in [0.05, 0.1) is 11.7 Å². The molecule has 0 aliphatic heterocycles. The number of aryl methyl sites for hydroxylation is 1. The molecule has 0 aromatic carbocycles. The molecule has 4 heteroatoms. The Labute approximate surface area is 58.9 Å². The predicted octanol–water partition coefficient (Wildman–Crippen LogP) is 1.12. The minimum absolute atomic E-state index is 0.193. The summed E-state index contributed by atoms with van der Waals surface area (Å²) in [7, 11) is 0. The summed E-state index contributed by atoms with van der Waals surface area (Å²) >= 11 is 0. The average molecular weight is 143 g/mol. The fourth-order valence-corrected chi connectivity index (χ4v) is 0.651. The molecule has 0 aliphatic carbocycles. The summed E-state index contributed by atoms with van der Waals surface area (Å²) < 4.78 is 13.5. The summed E-state index contributed by atoms with van der Waals surface area (Å²) in [6.45, 7) is 3.19. The fraction of sp³-hybridized carbons (Fsp3) is 0.667. The highest BCUT2D eigenvalue weighted by Crippen LogP contribution is 2.03.